The average Bonchev–Trinajstić information content (AvgIpc) is 2.20. The Bertz CT molecular complexity index is 289. The molecule has 0 bridgehead atoms. The van der Waals surface area contributed by atoms with Crippen molar-refractivity contribution in [3.8, 4) is 0 Å². The normalized spacial score (nSPS) is 32.9. The van der Waals surface area contributed by atoms with Gasteiger partial charge in [-0.05, 0) is 11.8 Å². The molecular formula is C12H20O5. The van der Waals surface area contributed by atoms with E-state index in [1.165, 1.54) is 13.8 Å². The lowest BCUT2D eigenvalue weighted by molar-refractivity contribution is -0.227. The van der Waals surface area contributed by atoms with Gasteiger partial charge >= 0.3 is 11.9 Å². The molecule has 1 aliphatic heterocycles. The van der Waals surface area contributed by atoms with Crippen molar-refractivity contribution in [3.63, 3.8) is 0 Å². The molecule has 0 saturated carbocycles. The van der Waals surface area contributed by atoms with Crippen molar-refractivity contribution in [2.45, 2.75) is 46.5 Å². The molecule has 0 aromatic rings. The van der Waals surface area contributed by atoms with E-state index in [1.807, 2.05) is 6.92 Å². The molecule has 98 valence electrons. The third-order valence-corrected chi connectivity index (χ3v) is 3.12. The first kappa shape index (κ1) is 14.0. The second-order valence-corrected chi connectivity index (χ2v) is 4.59. The number of carbonyl (C=O) groups excluding carboxylic acids is 2. The molecular weight excluding hydrogens is 224 g/mol. The van der Waals surface area contributed by atoms with E-state index in [0.717, 1.165) is 0 Å². The molecule has 4 atom stereocenters. The SMILES string of the molecule is CC(=O)OCC1OC(OC(C)=O)C[C@@H](C)[C@@H]1C. The first-order valence-corrected chi connectivity index (χ1v) is 5.86. The number of hydrogen-bond acceptors (Lipinski definition) is 5. The van der Waals surface area contributed by atoms with Crippen LogP contribution in [0, 0.1) is 11.8 Å². The lowest BCUT2D eigenvalue weighted by Gasteiger charge is -2.37. The largest absolute Gasteiger partial charge is 0.463 e. The van der Waals surface area contributed by atoms with Crippen molar-refractivity contribution in [2.24, 2.45) is 11.8 Å². The highest BCUT2D eigenvalue weighted by Crippen LogP contribution is 2.30. The molecule has 1 rings (SSSR count). The second-order valence-electron chi connectivity index (χ2n) is 4.59. The van der Waals surface area contributed by atoms with Crippen LogP contribution in [-0.2, 0) is 23.8 Å². The fraction of sp³-hybridized carbons (Fsp3) is 0.833. The van der Waals surface area contributed by atoms with Gasteiger partial charge in [-0.3, -0.25) is 9.59 Å². The van der Waals surface area contributed by atoms with Gasteiger partial charge in [0.05, 0.1) is 6.10 Å². The van der Waals surface area contributed by atoms with Gasteiger partial charge in [-0.25, -0.2) is 0 Å². The number of esters is 2. The van der Waals surface area contributed by atoms with Crippen LogP contribution in [0.5, 0.6) is 0 Å². The molecule has 0 aromatic heterocycles. The van der Waals surface area contributed by atoms with E-state index < -0.39 is 6.29 Å². The van der Waals surface area contributed by atoms with Crippen molar-refractivity contribution in [1.82, 2.24) is 0 Å². The highest BCUT2D eigenvalue weighted by atomic mass is 16.7. The Morgan fingerprint density at radius 1 is 1.24 bits per heavy atom. The molecule has 1 saturated heterocycles. The van der Waals surface area contributed by atoms with Crippen LogP contribution in [0.3, 0.4) is 0 Å². The molecule has 0 amide bonds. The van der Waals surface area contributed by atoms with Crippen molar-refractivity contribution >= 4 is 11.9 Å². The summed E-state index contributed by atoms with van der Waals surface area (Å²) in [6.45, 7) is 7.04. The van der Waals surface area contributed by atoms with Crippen LogP contribution < -0.4 is 0 Å². The highest BCUT2D eigenvalue weighted by Gasteiger charge is 2.35. The summed E-state index contributed by atoms with van der Waals surface area (Å²) in [5.41, 5.74) is 0. The third-order valence-electron chi connectivity index (χ3n) is 3.12. The monoisotopic (exact) mass is 244 g/mol. The molecule has 1 heterocycles. The van der Waals surface area contributed by atoms with E-state index in [0.29, 0.717) is 12.3 Å². The second kappa shape index (κ2) is 6.00. The predicted octanol–water partition coefficient (Wildman–Crippen LogP) is 1.50. The van der Waals surface area contributed by atoms with Crippen LogP contribution in [0.2, 0.25) is 0 Å². The lowest BCUT2D eigenvalue weighted by Crippen LogP contribution is -2.43. The third kappa shape index (κ3) is 4.34. The zero-order valence-electron chi connectivity index (χ0n) is 10.8. The summed E-state index contributed by atoms with van der Waals surface area (Å²) in [6.07, 6.45) is -0.0663. The van der Waals surface area contributed by atoms with E-state index in [9.17, 15) is 9.59 Å². The van der Waals surface area contributed by atoms with Crippen molar-refractivity contribution in [2.75, 3.05) is 6.61 Å². The first-order chi connectivity index (χ1) is 7.90. The maximum Gasteiger partial charge on any atom is 0.304 e. The molecule has 0 radical (unpaired) electrons. The molecule has 0 aromatic carbocycles. The summed E-state index contributed by atoms with van der Waals surface area (Å²) in [7, 11) is 0. The van der Waals surface area contributed by atoms with Crippen LogP contribution in [0.15, 0.2) is 0 Å². The molecule has 2 unspecified atom stereocenters. The Kier molecular flexibility index (Phi) is 4.93. The number of hydrogen-bond donors (Lipinski definition) is 0. The molecule has 0 spiro atoms. The Morgan fingerprint density at radius 2 is 1.88 bits per heavy atom. The molecule has 5 heteroatoms. The maximum absolute atomic E-state index is 10.9. The molecule has 1 fully saturated rings. The zero-order valence-corrected chi connectivity index (χ0v) is 10.8. The maximum atomic E-state index is 10.9. The van der Waals surface area contributed by atoms with Gasteiger partial charge in [0.15, 0.2) is 0 Å². The molecule has 0 N–H and O–H groups in total. The number of rotatable bonds is 3. The van der Waals surface area contributed by atoms with Crippen molar-refractivity contribution in [3.05, 3.63) is 0 Å². The van der Waals surface area contributed by atoms with E-state index in [1.54, 1.807) is 0 Å². The lowest BCUT2D eigenvalue weighted by atomic mass is 9.86. The molecule has 0 aliphatic carbocycles. The van der Waals surface area contributed by atoms with Gasteiger partial charge in [-0.1, -0.05) is 13.8 Å². The van der Waals surface area contributed by atoms with Gasteiger partial charge in [0.2, 0.25) is 6.29 Å². The van der Waals surface area contributed by atoms with Crippen molar-refractivity contribution < 1.29 is 23.8 Å². The average molecular weight is 244 g/mol. The van der Waals surface area contributed by atoms with Gasteiger partial charge in [0.25, 0.3) is 0 Å². The fourth-order valence-corrected chi connectivity index (χ4v) is 1.91. The van der Waals surface area contributed by atoms with Crippen LogP contribution in [0.4, 0.5) is 0 Å². The van der Waals surface area contributed by atoms with E-state index >= 15 is 0 Å². The predicted molar refractivity (Wildman–Crippen MR) is 60.0 cm³/mol. The van der Waals surface area contributed by atoms with E-state index in [-0.39, 0.29) is 30.6 Å². The molecule has 1 aliphatic rings. The minimum atomic E-state index is -0.528. The quantitative estimate of drug-likeness (QED) is 0.704. The zero-order chi connectivity index (χ0) is 13.0. The highest BCUT2D eigenvalue weighted by molar-refractivity contribution is 5.66. The summed E-state index contributed by atoms with van der Waals surface area (Å²) < 4.78 is 15.6. The van der Waals surface area contributed by atoms with Crippen molar-refractivity contribution in [1.29, 1.82) is 0 Å². The van der Waals surface area contributed by atoms with Gasteiger partial charge in [0, 0.05) is 20.3 Å². The van der Waals surface area contributed by atoms with E-state index in [4.69, 9.17) is 14.2 Å². The van der Waals surface area contributed by atoms with Crippen LogP contribution in [-0.4, -0.2) is 30.9 Å². The Hall–Kier alpha value is -1.10. The van der Waals surface area contributed by atoms with Gasteiger partial charge < -0.3 is 14.2 Å². The van der Waals surface area contributed by atoms with Gasteiger partial charge in [0.1, 0.15) is 6.61 Å². The van der Waals surface area contributed by atoms with Crippen LogP contribution in [0.1, 0.15) is 34.1 Å². The number of ether oxygens (including phenoxy) is 3. The Labute approximate surface area is 101 Å². The van der Waals surface area contributed by atoms with Crippen LogP contribution in [0.25, 0.3) is 0 Å². The Balaban J connectivity index is 2.54. The van der Waals surface area contributed by atoms with Gasteiger partial charge in [-0.15, -0.1) is 0 Å². The Morgan fingerprint density at radius 3 is 2.41 bits per heavy atom. The standard InChI is InChI=1S/C12H20O5/c1-7-5-12(16-10(4)14)17-11(8(7)2)6-15-9(3)13/h7-8,11-12H,5-6H2,1-4H3/t7-,8+,11?,12?/m1/s1. The van der Waals surface area contributed by atoms with E-state index in [2.05, 4.69) is 6.92 Å². The fourth-order valence-electron chi connectivity index (χ4n) is 1.91. The van der Waals surface area contributed by atoms with Crippen LogP contribution >= 0.6 is 0 Å². The summed E-state index contributed by atoms with van der Waals surface area (Å²) in [6, 6.07) is 0. The topological polar surface area (TPSA) is 61.8 Å². The number of carbonyl (C=O) groups is 2. The summed E-state index contributed by atoms with van der Waals surface area (Å²) in [5, 5.41) is 0. The summed E-state index contributed by atoms with van der Waals surface area (Å²) in [4.78, 5) is 21.7. The first-order valence-electron chi connectivity index (χ1n) is 5.86. The summed E-state index contributed by atoms with van der Waals surface area (Å²) >= 11 is 0. The minimum absolute atomic E-state index is 0.207. The molecule has 5 nitrogen and oxygen atoms in total. The minimum Gasteiger partial charge on any atom is -0.463 e. The smallest absolute Gasteiger partial charge is 0.304 e. The summed E-state index contributed by atoms with van der Waals surface area (Å²) in [5.74, 6) is -0.0686. The van der Waals surface area contributed by atoms with Gasteiger partial charge in [-0.2, -0.15) is 0 Å². The molecule has 17 heavy (non-hydrogen) atoms.